The van der Waals surface area contributed by atoms with E-state index in [2.05, 4.69) is 9.71 Å². The fraction of sp³-hybridized carbons (Fsp3) is 0.308. The molecule has 0 saturated heterocycles. The van der Waals surface area contributed by atoms with Crippen LogP contribution in [0, 0.1) is 6.92 Å². The summed E-state index contributed by atoms with van der Waals surface area (Å²) in [4.78, 5) is 5.37. The van der Waals surface area contributed by atoms with Crippen molar-refractivity contribution in [1.29, 1.82) is 0 Å². The lowest BCUT2D eigenvalue weighted by Gasteiger charge is -2.06. The van der Waals surface area contributed by atoms with Gasteiger partial charge in [-0.25, -0.2) is 18.1 Å². The lowest BCUT2D eigenvalue weighted by molar-refractivity contribution is 0.174. The Bertz CT molecular complexity index is 755. The van der Waals surface area contributed by atoms with Crippen molar-refractivity contribution in [2.24, 2.45) is 0 Å². The van der Waals surface area contributed by atoms with E-state index in [1.165, 1.54) is 12.1 Å². The largest absolute Gasteiger partial charge is 0.454 e. The van der Waals surface area contributed by atoms with Crippen LogP contribution in [0.5, 0.6) is 11.5 Å². The normalized spacial score (nSPS) is 13.6. The number of hydrogen-bond donors (Lipinski definition) is 1. The van der Waals surface area contributed by atoms with Gasteiger partial charge in [-0.05, 0) is 25.5 Å². The van der Waals surface area contributed by atoms with Crippen molar-refractivity contribution in [2.75, 3.05) is 13.3 Å². The van der Waals surface area contributed by atoms with Crippen LogP contribution >= 0.6 is 11.3 Å². The molecule has 6 nitrogen and oxygen atoms in total. The maximum atomic E-state index is 12.2. The van der Waals surface area contributed by atoms with Crippen molar-refractivity contribution in [1.82, 2.24) is 9.71 Å². The quantitative estimate of drug-likeness (QED) is 0.905. The molecule has 0 atom stereocenters. The summed E-state index contributed by atoms with van der Waals surface area (Å²) in [6.45, 7) is 2.38. The summed E-state index contributed by atoms with van der Waals surface area (Å²) in [5.74, 6) is 1.02. The zero-order valence-corrected chi connectivity index (χ0v) is 13.0. The molecule has 1 aliphatic heterocycles. The van der Waals surface area contributed by atoms with Gasteiger partial charge in [-0.3, -0.25) is 0 Å². The van der Waals surface area contributed by atoms with Crippen LogP contribution in [0.4, 0.5) is 0 Å². The number of aryl methyl sites for hydroxylation is 1. The average molecular weight is 326 g/mol. The molecule has 112 valence electrons. The van der Waals surface area contributed by atoms with Crippen LogP contribution in [-0.4, -0.2) is 26.7 Å². The van der Waals surface area contributed by atoms with E-state index >= 15 is 0 Å². The monoisotopic (exact) mass is 326 g/mol. The molecule has 1 aromatic carbocycles. The Hall–Kier alpha value is -1.64. The number of ether oxygens (including phenoxy) is 2. The van der Waals surface area contributed by atoms with Crippen LogP contribution in [0.2, 0.25) is 0 Å². The third-order valence-electron chi connectivity index (χ3n) is 2.99. The van der Waals surface area contributed by atoms with E-state index in [-0.39, 0.29) is 11.7 Å². The molecular weight excluding hydrogens is 312 g/mol. The van der Waals surface area contributed by atoms with Crippen LogP contribution in [0.15, 0.2) is 29.3 Å². The maximum Gasteiger partial charge on any atom is 0.240 e. The summed E-state index contributed by atoms with van der Waals surface area (Å²) in [5.41, 5.74) is 0. The zero-order valence-electron chi connectivity index (χ0n) is 11.3. The van der Waals surface area contributed by atoms with Gasteiger partial charge in [0.1, 0.15) is 0 Å². The van der Waals surface area contributed by atoms with Gasteiger partial charge in [-0.15, -0.1) is 11.3 Å². The highest BCUT2D eigenvalue weighted by atomic mass is 32.2. The highest BCUT2D eigenvalue weighted by molar-refractivity contribution is 7.89. The number of fused-ring (bicyclic) bond motifs is 1. The number of thiazole rings is 1. The van der Waals surface area contributed by atoms with Crippen LogP contribution in [0.3, 0.4) is 0 Å². The standard InChI is InChI=1S/C13H14N2O4S2/c1-9-14-7-10(20-9)4-5-15-21(16,17)11-2-3-12-13(6-11)19-8-18-12/h2-3,6-7,15H,4-5,8H2,1H3. The summed E-state index contributed by atoms with van der Waals surface area (Å²) in [6, 6.07) is 4.58. The minimum absolute atomic E-state index is 0.122. The number of hydrogen-bond acceptors (Lipinski definition) is 6. The van der Waals surface area contributed by atoms with Crippen molar-refractivity contribution in [3.63, 3.8) is 0 Å². The summed E-state index contributed by atoms with van der Waals surface area (Å²) in [5, 5.41) is 0.976. The SMILES string of the molecule is Cc1ncc(CCNS(=O)(=O)c2ccc3c(c2)OCO3)s1. The lowest BCUT2D eigenvalue weighted by Crippen LogP contribution is -2.25. The Morgan fingerprint density at radius 3 is 2.90 bits per heavy atom. The van der Waals surface area contributed by atoms with E-state index in [0.29, 0.717) is 24.5 Å². The van der Waals surface area contributed by atoms with Gasteiger partial charge in [0.05, 0.1) is 9.90 Å². The molecule has 0 amide bonds. The number of aromatic nitrogens is 1. The number of nitrogens with one attached hydrogen (secondary N) is 1. The molecule has 0 fully saturated rings. The van der Waals surface area contributed by atoms with Crippen LogP contribution in [0.1, 0.15) is 9.88 Å². The molecule has 0 aliphatic carbocycles. The number of sulfonamides is 1. The van der Waals surface area contributed by atoms with Gasteiger partial charge < -0.3 is 9.47 Å². The van der Waals surface area contributed by atoms with E-state index in [1.807, 2.05) is 6.92 Å². The first-order valence-electron chi connectivity index (χ1n) is 6.35. The molecule has 21 heavy (non-hydrogen) atoms. The van der Waals surface area contributed by atoms with Gasteiger partial charge in [0.25, 0.3) is 0 Å². The summed E-state index contributed by atoms with van der Waals surface area (Å²) in [6.07, 6.45) is 2.39. The molecule has 8 heteroatoms. The second-order valence-corrected chi connectivity index (χ2v) is 7.59. The number of rotatable bonds is 5. The van der Waals surface area contributed by atoms with Crippen LogP contribution < -0.4 is 14.2 Å². The minimum Gasteiger partial charge on any atom is -0.454 e. The average Bonchev–Trinajstić information content (AvgIpc) is 3.06. The molecule has 0 unspecified atom stereocenters. The fourth-order valence-electron chi connectivity index (χ4n) is 1.96. The first-order valence-corrected chi connectivity index (χ1v) is 8.65. The Kier molecular flexibility index (Phi) is 3.83. The first kappa shape index (κ1) is 14.3. The minimum atomic E-state index is -3.55. The first-order chi connectivity index (χ1) is 10.0. The summed E-state index contributed by atoms with van der Waals surface area (Å²) in [7, 11) is -3.55. The maximum absolute atomic E-state index is 12.2. The molecule has 0 saturated carbocycles. The number of benzene rings is 1. The molecule has 0 radical (unpaired) electrons. The van der Waals surface area contributed by atoms with E-state index in [0.717, 1.165) is 9.88 Å². The number of nitrogens with zero attached hydrogens (tertiary/aromatic N) is 1. The Morgan fingerprint density at radius 1 is 1.33 bits per heavy atom. The Morgan fingerprint density at radius 2 is 2.14 bits per heavy atom. The Labute approximate surface area is 126 Å². The molecule has 1 N–H and O–H groups in total. The second-order valence-electron chi connectivity index (χ2n) is 4.51. The van der Waals surface area contributed by atoms with Crippen LogP contribution in [0.25, 0.3) is 0 Å². The van der Waals surface area contributed by atoms with Gasteiger partial charge in [0.15, 0.2) is 11.5 Å². The van der Waals surface area contributed by atoms with Gasteiger partial charge in [0.2, 0.25) is 16.8 Å². The fourth-order valence-corrected chi connectivity index (χ4v) is 3.80. The lowest BCUT2D eigenvalue weighted by atomic mass is 10.3. The van der Waals surface area contributed by atoms with Crippen molar-refractivity contribution >= 4 is 21.4 Å². The zero-order chi connectivity index (χ0) is 14.9. The molecule has 0 spiro atoms. The molecule has 1 aromatic heterocycles. The van der Waals surface area contributed by atoms with Gasteiger partial charge in [-0.2, -0.15) is 0 Å². The highest BCUT2D eigenvalue weighted by Crippen LogP contribution is 2.33. The summed E-state index contributed by atoms with van der Waals surface area (Å²) >= 11 is 1.57. The van der Waals surface area contributed by atoms with Crippen molar-refractivity contribution in [3.05, 3.63) is 34.3 Å². The van der Waals surface area contributed by atoms with E-state index in [4.69, 9.17) is 9.47 Å². The van der Waals surface area contributed by atoms with Gasteiger partial charge in [-0.1, -0.05) is 0 Å². The molecule has 1 aliphatic rings. The Balaban J connectivity index is 1.66. The molecular formula is C13H14N2O4S2. The third kappa shape index (κ3) is 3.17. The van der Waals surface area contributed by atoms with Crippen molar-refractivity contribution in [2.45, 2.75) is 18.2 Å². The van der Waals surface area contributed by atoms with Crippen molar-refractivity contribution < 1.29 is 17.9 Å². The van der Waals surface area contributed by atoms with Gasteiger partial charge >= 0.3 is 0 Å². The van der Waals surface area contributed by atoms with E-state index in [9.17, 15) is 8.42 Å². The predicted octanol–water partition coefficient (Wildman–Crippen LogP) is 1.70. The molecule has 3 rings (SSSR count). The highest BCUT2D eigenvalue weighted by Gasteiger charge is 2.19. The molecule has 2 aromatic rings. The molecule has 0 bridgehead atoms. The van der Waals surface area contributed by atoms with Crippen molar-refractivity contribution in [3.8, 4) is 11.5 Å². The predicted molar refractivity (Wildman–Crippen MR) is 78.3 cm³/mol. The topological polar surface area (TPSA) is 77.5 Å². The second kappa shape index (κ2) is 5.63. The van der Waals surface area contributed by atoms with Crippen LogP contribution in [-0.2, 0) is 16.4 Å². The van der Waals surface area contributed by atoms with E-state index in [1.54, 1.807) is 23.6 Å². The smallest absolute Gasteiger partial charge is 0.240 e. The van der Waals surface area contributed by atoms with Gasteiger partial charge in [0, 0.05) is 23.7 Å². The summed E-state index contributed by atoms with van der Waals surface area (Å²) < 4.78 is 37.3. The molecule has 2 heterocycles. The third-order valence-corrected chi connectivity index (χ3v) is 5.42. The van der Waals surface area contributed by atoms with E-state index < -0.39 is 10.0 Å².